The molecule has 0 spiro atoms. The van der Waals surface area contributed by atoms with Crippen LogP contribution in [0.1, 0.15) is 24.2 Å². The average Bonchev–Trinajstić information content (AvgIpc) is 2.81. The summed E-state index contributed by atoms with van der Waals surface area (Å²) in [6, 6.07) is 7.65. The average molecular weight is 278 g/mol. The van der Waals surface area contributed by atoms with Gasteiger partial charge in [-0.2, -0.15) is 0 Å². The molecule has 0 saturated heterocycles. The van der Waals surface area contributed by atoms with E-state index in [1.165, 1.54) is 11.3 Å². The van der Waals surface area contributed by atoms with E-state index in [0.717, 1.165) is 4.90 Å². The first kappa shape index (κ1) is 13.1. The lowest BCUT2D eigenvalue weighted by Gasteiger charge is -2.07. The summed E-state index contributed by atoms with van der Waals surface area (Å²) in [4.78, 5) is 17.1. The number of thiazole rings is 1. The summed E-state index contributed by atoms with van der Waals surface area (Å²) in [7, 11) is 0. The van der Waals surface area contributed by atoms with Gasteiger partial charge in [-0.05, 0) is 18.2 Å². The molecule has 18 heavy (non-hydrogen) atoms. The van der Waals surface area contributed by atoms with Gasteiger partial charge in [0.05, 0.1) is 0 Å². The summed E-state index contributed by atoms with van der Waals surface area (Å²) >= 11 is 3.16. The number of nitrogens with one attached hydrogen (secondary N) is 1. The highest BCUT2D eigenvalue weighted by atomic mass is 32.2. The molecule has 0 fully saturated rings. The Bertz CT molecular complexity index is 524. The van der Waals surface area contributed by atoms with Crippen LogP contribution in [0.4, 0.5) is 5.13 Å². The second kappa shape index (κ2) is 6.02. The Morgan fingerprint density at radius 2 is 2.28 bits per heavy atom. The summed E-state index contributed by atoms with van der Waals surface area (Å²) < 4.78 is 0. The van der Waals surface area contributed by atoms with Crippen LogP contribution in [0.25, 0.3) is 0 Å². The number of amides is 1. The van der Waals surface area contributed by atoms with Crippen molar-refractivity contribution in [3.05, 3.63) is 41.4 Å². The van der Waals surface area contributed by atoms with E-state index in [2.05, 4.69) is 24.1 Å². The number of rotatable bonds is 4. The zero-order valence-electron chi connectivity index (χ0n) is 10.2. The Balaban J connectivity index is 2.10. The molecule has 1 amide bonds. The van der Waals surface area contributed by atoms with Crippen LogP contribution in [0.3, 0.4) is 0 Å². The first-order valence-corrected chi connectivity index (χ1v) is 7.38. The topological polar surface area (TPSA) is 42.0 Å². The van der Waals surface area contributed by atoms with Crippen molar-refractivity contribution in [3.8, 4) is 0 Å². The van der Waals surface area contributed by atoms with Gasteiger partial charge in [0.25, 0.3) is 5.91 Å². The smallest absolute Gasteiger partial charge is 0.257 e. The molecule has 0 aliphatic heterocycles. The van der Waals surface area contributed by atoms with Gasteiger partial charge in [0.1, 0.15) is 0 Å². The van der Waals surface area contributed by atoms with E-state index in [1.807, 2.05) is 29.6 Å². The maximum Gasteiger partial charge on any atom is 0.257 e. The van der Waals surface area contributed by atoms with Gasteiger partial charge in [0.15, 0.2) is 5.13 Å². The quantitative estimate of drug-likeness (QED) is 0.863. The van der Waals surface area contributed by atoms with Crippen LogP contribution in [0.2, 0.25) is 0 Å². The van der Waals surface area contributed by atoms with Crippen molar-refractivity contribution >= 4 is 34.1 Å². The van der Waals surface area contributed by atoms with Crippen molar-refractivity contribution in [2.45, 2.75) is 24.0 Å². The van der Waals surface area contributed by atoms with Gasteiger partial charge in [-0.1, -0.05) is 19.9 Å². The maximum atomic E-state index is 12.0. The first-order chi connectivity index (χ1) is 8.65. The summed E-state index contributed by atoms with van der Waals surface area (Å²) in [6.07, 6.45) is 1.67. The van der Waals surface area contributed by atoms with Crippen LogP contribution >= 0.6 is 23.1 Å². The number of carbonyl (C=O) groups is 1. The number of hydrogen-bond acceptors (Lipinski definition) is 4. The second-order valence-electron chi connectivity index (χ2n) is 3.99. The Labute approximate surface area is 115 Å². The van der Waals surface area contributed by atoms with E-state index in [9.17, 15) is 4.79 Å². The largest absolute Gasteiger partial charge is 0.298 e. The molecule has 94 valence electrons. The summed E-state index contributed by atoms with van der Waals surface area (Å²) in [5, 5.41) is 5.74. The van der Waals surface area contributed by atoms with Crippen molar-refractivity contribution in [1.29, 1.82) is 0 Å². The zero-order chi connectivity index (χ0) is 13.0. The van der Waals surface area contributed by atoms with E-state index < -0.39 is 0 Å². The van der Waals surface area contributed by atoms with Crippen LogP contribution in [-0.2, 0) is 0 Å². The number of nitrogens with zero attached hydrogens (tertiary/aromatic N) is 1. The molecular formula is C13H14N2OS2. The minimum Gasteiger partial charge on any atom is -0.298 e. The third kappa shape index (κ3) is 3.58. The predicted octanol–water partition coefficient (Wildman–Crippen LogP) is 3.90. The molecule has 0 radical (unpaired) electrons. The van der Waals surface area contributed by atoms with E-state index in [-0.39, 0.29) is 5.91 Å². The molecule has 2 rings (SSSR count). The number of aromatic nitrogens is 1. The van der Waals surface area contributed by atoms with Crippen molar-refractivity contribution in [3.63, 3.8) is 0 Å². The Kier molecular flexibility index (Phi) is 4.38. The molecule has 5 heteroatoms. The van der Waals surface area contributed by atoms with Gasteiger partial charge in [-0.3, -0.25) is 10.1 Å². The molecule has 3 nitrogen and oxygen atoms in total. The molecule has 1 aromatic heterocycles. The molecule has 1 heterocycles. The number of carbonyl (C=O) groups excluding carboxylic acids is 1. The fourth-order valence-corrected chi connectivity index (χ4v) is 2.86. The Morgan fingerprint density at radius 1 is 1.44 bits per heavy atom. The molecule has 0 bridgehead atoms. The fraction of sp³-hybridized carbons (Fsp3) is 0.231. The van der Waals surface area contributed by atoms with Crippen LogP contribution in [0, 0.1) is 0 Å². The molecule has 0 aliphatic carbocycles. The van der Waals surface area contributed by atoms with Crippen LogP contribution in [0.5, 0.6) is 0 Å². The molecule has 0 unspecified atom stereocenters. The normalized spacial score (nSPS) is 10.6. The summed E-state index contributed by atoms with van der Waals surface area (Å²) in [5.74, 6) is -0.115. The van der Waals surface area contributed by atoms with Crippen LogP contribution in [0.15, 0.2) is 40.7 Å². The van der Waals surface area contributed by atoms with Gasteiger partial charge >= 0.3 is 0 Å². The summed E-state index contributed by atoms with van der Waals surface area (Å²) in [6.45, 7) is 4.26. The molecule has 0 aliphatic rings. The zero-order valence-corrected chi connectivity index (χ0v) is 11.8. The van der Waals surface area contributed by atoms with Crippen molar-refractivity contribution in [2.24, 2.45) is 0 Å². The molecule has 2 aromatic rings. The highest BCUT2D eigenvalue weighted by Crippen LogP contribution is 2.24. The predicted molar refractivity (Wildman–Crippen MR) is 77.5 cm³/mol. The lowest BCUT2D eigenvalue weighted by atomic mass is 10.2. The maximum absolute atomic E-state index is 12.0. The molecular weight excluding hydrogens is 264 g/mol. The van der Waals surface area contributed by atoms with E-state index in [1.54, 1.807) is 18.0 Å². The van der Waals surface area contributed by atoms with Crippen molar-refractivity contribution in [1.82, 2.24) is 4.98 Å². The fourth-order valence-electron chi connectivity index (χ4n) is 1.44. The van der Waals surface area contributed by atoms with Gasteiger partial charge < -0.3 is 0 Å². The number of hydrogen-bond donors (Lipinski definition) is 1. The van der Waals surface area contributed by atoms with Crippen LogP contribution in [-0.4, -0.2) is 16.1 Å². The second-order valence-corrected chi connectivity index (χ2v) is 6.53. The molecule has 1 aromatic carbocycles. The first-order valence-electron chi connectivity index (χ1n) is 5.62. The van der Waals surface area contributed by atoms with E-state index in [0.29, 0.717) is 15.9 Å². The Hall–Kier alpha value is -1.33. The summed E-state index contributed by atoms with van der Waals surface area (Å²) in [5.41, 5.74) is 0.663. The number of anilines is 1. The third-order valence-electron chi connectivity index (χ3n) is 2.12. The van der Waals surface area contributed by atoms with Gasteiger partial charge in [-0.15, -0.1) is 23.1 Å². The lowest BCUT2D eigenvalue weighted by Crippen LogP contribution is -2.11. The molecule has 0 atom stereocenters. The highest BCUT2D eigenvalue weighted by Gasteiger charge is 2.08. The standard InChI is InChI=1S/C13H14N2OS2/c1-9(2)18-11-5-3-4-10(8-11)12(16)15-13-14-6-7-17-13/h3-9H,1-2H3,(H,14,15,16). The van der Waals surface area contributed by atoms with Gasteiger partial charge in [0.2, 0.25) is 0 Å². The minimum atomic E-state index is -0.115. The molecule has 0 saturated carbocycles. The monoisotopic (exact) mass is 278 g/mol. The number of thioether (sulfide) groups is 1. The van der Waals surface area contributed by atoms with Crippen molar-refractivity contribution in [2.75, 3.05) is 5.32 Å². The van der Waals surface area contributed by atoms with E-state index in [4.69, 9.17) is 0 Å². The Morgan fingerprint density at radius 3 is 2.94 bits per heavy atom. The van der Waals surface area contributed by atoms with Crippen molar-refractivity contribution < 1.29 is 4.79 Å². The highest BCUT2D eigenvalue weighted by molar-refractivity contribution is 7.99. The minimum absolute atomic E-state index is 0.115. The molecule has 1 N–H and O–H groups in total. The van der Waals surface area contributed by atoms with E-state index >= 15 is 0 Å². The van der Waals surface area contributed by atoms with Gasteiger partial charge in [-0.25, -0.2) is 4.98 Å². The lowest BCUT2D eigenvalue weighted by molar-refractivity contribution is 0.102. The SMILES string of the molecule is CC(C)Sc1cccc(C(=O)Nc2nccs2)c1. The van der Waals surface area contributed by atoms with Crippen LogP contribution < -0.4 is 5.32 Å². The number of benzene rings is 1. The third-order valence-corrected chi connectivity index (χ3v) is 3.81. The van der Waals surface area contributed by atoms with Gasteiger partial charge in [0, 0.05) is 27.3 Å².